The van der Waals surface area contributed by atoms with Gasteiger partial charge in [0.05, 0.1) is 11.4 Å². The first-order valence-electron chi connectivity index (χ1n) is 8.69. The normalized spacial score (nSPS) is 21.2. The Balaban J connectivity index is 2.08. The van der Waals surface area contributed by atoms with Crippen LogP contribution in [0.25, 0.3) is 0 Å². The second-order valence-corrected chi connectivity index (χ2v) is 9.20. The zero-order valence-corrected chi connectivity index (χ0v) is 16.5. The number of carbonyl (C=O) groups is 2. The number of benzene rings is 1. The van der Waals surface area contributed by atoms with Crippen LogP contribution in [0.3, 0.4) is 0 Å². The molecule has 0 aliphatic carbocycles. The minimum Gasteiger partial charge on any atom is -0.347 e. The van der Waals surface area contributed by atoms with E-state index in [0.717, 1.165) is 6.42 Å². The molecule has 7 nitrogen and oxygen atoms in total. The van der Waals surface area contributed by atoms with Crippen LogP contribution >= 0.6 is 0 Å². The maximum atomic E-state index is 12.8. The third-order valence-electron chi connectivity index (χ3n) is 4.49. The van der Waals surface area contributed by atoms with Crippen molar-refractivity contribution in [3.05, 3.63) is 29.8 Å². The Morgan fingerprint density at radius 1 is 1.12 bits per heavy atom. The third-order valence-corrected chi connectivity index (χ3v) is 6.33. The van der Waals surface area contributed by atoms with Gasteiger partial charge in [0.1, 0.15) is 0 Å². The van der Waals surface area contributed by atoms with Gasteiger partial charge < -0.3 is 10.2 Å². The lowest BCUT2D eigenvalue weighted by molar-refractivity contribution is -0.127. The van der Waals surface area contributed by atoms with E-state index in [9.17, 15) is 18.0 Å². The molecule has 2 rings (SSSR count). The number of rotatable bonds is 5. The van der Waals surface area contributed by atoms with Crippen LogP contribution in [0.2, 0.25) is 0 Å². The van der Waals surface area contributed by atoms with Crippen LogP contribution in [0.1, 0.15) is 30.6 Å². The van der Waals surface area contributed by atoms with Crippen molar-refractivity contribution in [2.75, 3.05) is 33.7 Å². The number of nitrogens with zero attached hydrogens (tertiary/aromatic N) is 2. The zero-order valence-electron chi connectivity index (χ0n) is 15.7. The topological polar surface area (TPSA) is 86.8 Å². The van der Waals surface area contributed by atoms with E-state index in [1.54, 1.807) is 14.1 Å². The highest BCUT2D eigenvalue weighted by Crippen LogP contribution is 2.26. The van der Waals surface area contributed by atoms with Crippen LogP contribution in [0.4, 0.5) is 0 Å². The standard InChI is InChI=1S/C18H27N3O4S/c1-13-9-14(2)12-21(11-13)26(24,25)16-7-5-15(6-8-16)18(23)19-10-17(22)20(3)4/h5-8,13-14H,9-12H2,1-4H3,(H,19,23)/t13-,14-/m1/s1. The number of likely N-dealkylation sites (N-methyl/N-ethyl adjacent to an activating group) is 1. The van der Waals surface area contributed by atoms with E-state index >= 15 is 0 Å². The van der Waals surface area contributed by atoms with E-state index in [0.29, 0.717) is 30.5 Å². The Labute approximate surface area is 155 Å². The van der Waals surface area contributed by atoms with Gasteiger partial charge in [0, 0.05) is 32.7 Å². The lowest BCUT2D eigenvalue weighted by atomic mass is 9.94. The molecule has 2 atom stereocenters. The predicted molar refractivity (Wildman–Crippen MR) is 99.2 cm³/mol. The van der Waals surface area contributed by atoms with Crippen molar-refractivity contribution < 1.29 is 18.0 Å². The Kier molecular flexibility index (Phi) is 6.41. The number of piperidine rings is 1. The molecular formula is C18H27N3O4S. The molecule has 0 saturated carbocycles. The molecule has 1 aliphatic rings. The molecule has 0 spiro atoms. The van der Waals surface area contributed by atoms with E-state index in [-0.39, 0.29) is 17.3 Å². The minimum atomic E-state index is -3.57. The summed E-state index contributed by atoms with van der Waals surface area (Å²) in [5, 5.41) is 2.52. The Bertz CT molecular complexity index is 749. The average Bonchev–Trinajstić information content (AvgIpc) is 2.58. The Morgan fingerprint density at radius 3 is 2.15 bits per heavy atom. The van der Waals surface area contributed by atoms with Gasteiger partial charge in [-0.05, 0) is 42.5 Å². The maximum absolute atomic E-state index is 12.8. The van der Waals surface area contributed by atoms with Crippen molar-refractivity contribution in [3.63, 3.8) is 0 Å². The van der Waals surface area contributed by atoms with E-state index in [1.807, 2.05) is 0 Å². The summed E-state index contributed by atoms with van der Waals surface area (Å²) in [4.78, 5) is 25.2. The van der Waals surface area contributed by atoms with Crippen molar-refractivity contribution in [1.82, 2.24) is 14.5 Å². The monoisotopic (exact) mass is 381 g/mol. The van der Waals surface area contributed by atoms with Crippen molar-refractivity contribution >= 4 is 21.8 Å². The Morgan fingerprint density at radius 2 is 1.65 bits per heavy atom. The van der Waals surface area contributed by atoms with Crippen molar-refractivity contribution in [2.24, 2.45) is 11.8 Å². The highest BCUT2D eigenvalue weighted by Gasteiger charge is 2.31. The molecule has 0 aromatic heterocycles. The first kappa shape index (κ1) is 20.4. The average molecular weight is 381 g/mol. The maximum Gasteiger partial charge on any atom is 0.251 e. The quantitative estimate of drug-likeness (QED) is 0.829. The van der Waals surface area contributed by atoms with Gasteiger partial charge in [-0.1, -0.05) is 13.8 Å². The van der Waals surface area contributed by atoms with Gasteiger partial charge in [-0.2, -0.15) is 4.31 Å². The van der Waals surface area contributed by atoms with Crippen LogP contribution < -0.4 is 5.32 Å². The molecule has 144 valence electrons. The number of carbonyl (C=O) groups excluding carboxylic acids is 2. The number of hydrogen-bond donors (Lipinski definition) is 1. The molecule has 1 aromatic rings. The van der Waals surface area contributed by atoms with E-state index in [4.69, 9.17) is 0 Å². The van der Waals surface area contributed by atoms with E-state index in [2.05, 4.69) is 19.2 Å². The summed E-state index contributed by atoms with van der Waals surface area (Å²) in [6.45, 7) is 5.04. The van der Waals surface area contributed by atoms with Crippen LogP contribution in [-0.4, -0.2) is 63.2 Å². The summed E-state index contributed by atoms with van der Waals surface area (Å²) in [5.74, 6) is 0.0240. The molecule has 1 aromatic carbocycles. The lowest BCUT2D eigenvalue weighted by Crippen LogP contribution is -2.42. The number of sulfonamides is 1. The van der Waals surface area contributed by atoms with Crippen molar-refractivity contribution in [3.8, 4) is 0 Å². The summed E-state index contributed by atoms with van der Waals surface area (Å²) < 4.78 is 27.2. The van der Waals surface area contributed by atoms with Gasteiger partial charge in [0.15, 0.2) is 0 Å². The molecule has 1 heterocycles. The molecule has 0 radical (unpaired) electrons. The fourth-order valence-electron chi connectivity index (χ4n) is 3.15. The molecule has 2 amide bonds. The van der Waals surface area contributed by atoms with Gasteiger partial charge in [-0.15, -0.1) is 0 Å². The van der Waals surface area contributed by atoms with Crippen molar-refractivity contribution in [2.45, 2.75) is 25.2 Å². The summed E-state index contributed by atoms with van der Waals surface area (Å²) in [7, 11) is -0.351. The minimum absolute atomic E-state index is 0.102. The summed E-state index contributed by atoms with van der Waals surface area (Å²) in [6, 6.07) is 5.84. The SMILES string of the molecule is C[C@@H]1C[C@@H](C)CN(S(=O)(=O)c2ccc(C(=O)NCC(=O)N(C)C)cc2)C1. The second kappa shape index (κ2) is 8.18. The van der Waals surface area contributed by atoms with Crippen LogP contribution in [0.5, 0.6) is 0 Å². The van der Waals surface area contributed by atoms with Gasteiger partial charge in [-0.25, -0.2) is 8.42 Å². The molecule has 1 fully saturated rings. The largest absolute Gasteiger partial charge is 0.347 e. The fourth-order valence-corrected chi connectivity index (χ4v) is 4.83. The van der Waals surface area contributed by atoms with Crippen LogP contribution in [-0.2, 0) is 14.8 Å². The molecule has 1 aliphatic heterocycles. The van der Waals surface area contributed by atoms with Gasteiger partial charge in [0.25, 0.3) is 5.91 Å². The molecule has 26 heavy (non-hydrogen) atoms. The Hall–Kier alpha value is -1.93. The lowest BCUT2D eigenvalue weighted by Gasteiger charge is -2.34. The van der Waals surface area contributed by atoms with E-state index in [1.165, 1.54) is 33.5 Å². The zero-order chi connectivity index (χ0) is 19.5. The number of hydrogen-bond acceptors (Lipinski definition) is 4. The van der Waals surface area contributed by atoms with Crippen molar-refractivity contribution in [1.29, 1.82) is 0 Å². The van der Waals surface area contributed by atoms with E-state index < -0.39 is 15.9 Å². The summed E-state index contributed by atoms with van der Waals surface area (Å²) in [5.41, 5.74) is 0.316. The smallest absolute Gasteiger partial charge is 0.251 e. The predicted octanol–water partition coefficient (Wildman–Crippen LogP) is 1.17. The highest BCUT2D eigenvalue weighted by molar-refractivity contribution is 7.89. The second-order valence-electron chi connectivity index (χ2n) is 7.26. The summed E-state index contributed by atoms with van der Waals surface area (Å²) >= 11 is 0. The molecular weight excluding hydrogens is 354 g/mol. The molecule has 1 saturated heterocycles. The number of nitrogens with one attached hydrogen (secondary N) is 1. The first-order valence-corrected chi connectivity index (χ1v) is 10.1. The number of amides is 2. The van der Waals surface area contributed by atoms with Gasteiger partial charge in [-0.3, -0.25) is 9.59 Å². The third kappa shape index (κ3) is 4.82. The van der Waals surface area contributed by atoms with Crippen LogP contribution in [0, 0.1) is 11.8 Å². The first-order chi connectivity index (χ1) is 12.1. The molecule has 0 bridgehead atoms. The molecule has 0 unspecified atom stereocenters. The molecule has 8 heteroatoms. The summed E-state index contributed by atoms with van der Waals surface area (Å²) in [6.07, 6.45) is 1.02. The van der Waals surface area contributed by atoms with Crippen LogP contribution in [0.15, 0.2) is 29.2 Å². The van der Waals surface area contributed by atoms with Gasteiger partial charge >= 0.3 is 0 Å². The highest BCUT2D eigenvalue weighted by atomic mass is 32.2. The van der Waals surface area contributed by atoms with Gasteiger partial charge in [0.2, 0.25) is 15.9 Å². The fraction of sp³-hybridized carbons (Fsp3) is 0.556. The molecule has 1 N–H and O–H groups in total.